The smallest absolute Gasteiger partial charge is 0.0537 e. The molecule has 1 saturated carbocycles. The van der Waals surface area contributed by atoms with Crippen LogP contribution in [0.2, 0.25) is 0 Å². The Morgan fingerprint density at radius 1 is 1.30 bits per heavy atom. The molecule has 106 valence electrons. The van der Waals surface area contributed by atoms with E-state index in [2.05, 4.69) is 53.9 Å². The number of aryl methyl sites for hydroxylation is 1. The molecule has 3 rings (SSSR count). The summed E-state index contributed by atoms with van der Waals surface area (Å²) in [5.74, 6) is 0. The van der Waals surface area contributed by atoms with Gasteiger partial charge in [-0.15, -0.1) is 0 Å². The first kappa shape index (κ1) is 13.4. The summed E-state index contributed by atoms with van der Waals surface area (Å²) < 4.78 is 1.90. The van der Waals surface area contributed by atoms with Crippen molar-refractivity contribution in [3.63, 3.8) is 0 Å². The molecule has 1 aromatic carbocycles. The van der Waals surface area contributed by atoms with Crippen LogP contribution >= 0.6 is 0 Å². The fourth-order valence-electron chi connectivity index (χ4n) is 3.16. The van der Waals surface area contributed by atoms with Crippen LogP contribution in [0.4, 0.5) is 0 Å². The average molecular weight is 269 g/mol. The largest absolute Gasteiger partial charge is 0.309 e. The van der Waals surface area contributed by atoms with Crippen molar-refractivity contribution in [2.24, 2.45) is 7.05 Å². The zero-order chi connectivity index (χ0) is 14.0. The molecule has 3 nitrogen and oxygen atoms in total. The van der Waals surface area contributed by atoms with Crippen molar-refractivity contribution in [3.8, 4) is 0 Å². The van der Waals surface area contributed by atoms with Crippen molar-refractivity contribution in [2.45, 2.75) is 37.6 Å². The van der Waals surface area contributed by atoms with Crippen LogP contribution in [0.3, 0.4) is 0 Å². The lowest BCUT2D eigenvalue weighted by Crippen LogP contribution is -2.32. The maximum absolute atomic E-state index is 4.36. The molecular weight excluding hydrogens is 246 g/mol. The van der Waals surface area contributed by atoms with Crippen LogP contribution in [-0.2, 0) is 12.5 Å². The normalized spacial score (nSPS) is 17.9. The maximum atomic E-state index is 4.36. The Morgan fingerprint density at radius 2 is 2.05 bits per heavy atom. The van der Waals surface area contributed by atoms with Crippen LogP contribution in [0.5, 0.6) is 0 Å². The third-order valence-corrected chi connectivity index (χ3v) is 4.35. The fraction of sp³-hybridized carbons (Fsp3) is 0.471. The highest BCUT2D eigenvalue weighted by Gasteiger charge is 2.51. The molecule has 1 heterocycles. The highest BCUT2D eigenvalue weighted by atomic mass is 15.2. The number of nitrogens with one attached hydrogen (secondary N) is 1. The Morgan fingerprint density at radius 3 is 2.60 bits per heavy atom. The Hall–Kier alpha value is -1.61. The number of hydrogen-bond donors (Lipinski definition) is 1. The molecule has 1 fully saturated rings. The first-order valence-electron chi connectivity index (χ1n) is 7.54. The summed E-state index contributed by atoms with van der Waals surface area (Å²) in [6.45, 7) is 3.27. The molecule has 0 radical (unpaired) electrons. The highest BCUT2D eigenvalue weighted by molar-refractivity contribution is 5.37. The van der Waals surface area contributed by atoms with Crippen LogP contribution in [0.25, 0.3) is 0 Å². The van der Waals surface area contributed by atoms with Gasteiger partial charge in [-0.25, -0.2) is 0 Å². The molecule has 0 aliphatic heterocycles. The van der Waals surface area contributed by atoms with Gasteiger partial charge in [0.15, 0.2) is 0 Å². The van der Waals surface area contributed by atoms with Crippen molar-refractivity contribution < 1.29 is 0 Å². The SMILES string of the molecule is CCCNC(c1cnn(C)c1)C1(c2ccccc2)CC1. The van der Waals surface area contributed by atoms with E-state index in [0.29, 0.717) is 6.04 Å². The minimum atomic E-state index is 0.263. The van der Waals surface area contributed by atoms with Crippen molar-refractivity contribution in [1.29, 1.82) is 0 Å². The zero-order valence-corrected chi connectivity index (χ0v) is 12.3. The van der Waals surface area contributed by atoms with Gasteiger partial charge in [0, 0.05) is 30.3 Å². The van der Waals surface area contributed by atoms with Gasteiger partial charge in [-0.2, -0.15) is 5.10 Å². The van der Waals surface area contributed by atoms with Gasteiger partial charge in [0.25, 0.3) is 0 Å². The second kappa shape index (κ2) is 5.41. The van der Waals surface area contributed by atoms with Gasteiger partial charge < -0.3 is 5.32 Å². The molecule has 0 saturated heterocycles. The standard InChI is InChI=1S/C17H23N3/c1-3-11-18-16(14-12-19-20(2)13-14)17(9-10-17)15-7-5-4-6-8-15/h4-8,12-13,16,18H,3,9-11H2,1-2H3. The molecular formula is C17H23N3. The molecule has 2 aromatic rings. The van der Waals surface area contributed by atoms with Gasteiger partial charge in [-0.3, -0.25) is 4.68 Å². The zero-order valence-electron chi connectivity index (χ0n) is 12.3. The highest BCUT2D eigenvalue weighted by Crippen LogP contribution is 2.56. The van der Waals surface area contributed by atoms with Gasteiger partial charge in [-0.05, 0) is 31.4 Å². The molecule has 0 spiro atoms. The van der Waals surface area contributed by atoms with E-state index in [9.17, 15) is 0 Å². The number of hydrogen-bond acceptors (Lipinski definition) is 2. The molecule has 0 amide bonds. The van der Waals surface area contributed by atoms with E-state index in [1.165, 1.54) is 24.0 Å². The molecule has 20 heavy (non-hydrogen) atoms. The summed E-state index contributed by atoms with van der Waals surface area (Å²) in [5, 5.41) is 8.10. The Kier molecular flexibility index (Phi) is 3.62. The number of nitrogens with zero attached hydrogens (tertiary/aromatic N) is 2. The Balaban J connectivity index is 1.93. The predicted octanol–water partition coefficient (Wildman–Crippen LogP) is 3.19. The van der Waals surface area contributed by atoms with Crippen LogP contribution < -0.4 is 5.32 Å². The van der Waals surface area contributed by atoms with E-state index < -0.39 is 0 Å². The van der Waals surface area contributed by atoms with Gasteiger partial charge in [0.1, 0.15) is 0 Å². The molecule has 1 aliphatic carbocycles. The van der Waals surface area contributed by atoms with Crippen molar-refractivity contribution >= 4 is 0 Å². The van der Waals surface area contributed by atoms with Crippen LogP contribution in [0, 0.1) is 0 Å². The van der Waals surface area contributed by atoms with E-state index in [-0.39, 0.29) is 5.41 Å². The minimum absolute atomic E-state index is 0.263. The second-order valence-electron chi connectivity index (χ2n) is 5.86. The molecule has 1 aliphatic rings. The third-order valence-electron chi connectivity index (χ3n) is 4.35. The van der Waals surface area contributed by atoms with Crippen molar-refractivity contribution in [1.82, 2.24) is 15.1 Å². The average Bonchev–Trinajstić information content (AvgIpc) is 3.17. The Bertz CT molecular complexity index is 555. The van der Waals surface area contributed by atoms with Crippen molar-refractivity contribution in [2.75, 3.05) is 6.54 Å². The summed E-state index contributed by atoms with van der Waals surface area (Å²) in [6, 6.07) is 11.3. The maximum Gasteiger partial charge on any atom is 0.0537 e. The molecule has 3 heteroatoms. The van der Waals surface area contributed by atoms with Gasteiger partial charge in [-0.1, -0.05) is 37.3 Å². The topological polar surface area (TPSA) is 29.9 Å². The number of benzene rings is 1. The molecule has 1 atom stereocenters. The van der Waals surface area contributed by atoms with Gasteiger partial charge in [0.05, 0.1) is 6.20 Å². The summed E-state index contributed by atoms with van der Waals surface area (Å²) in [5.41, 5.74) is 3.03. The number of rotatable bonds is 6. The van der Waals surface area contributed by atoms with E-state index in [1.807, 2.05) is 17.9 Å². The minimum Gasteiger partial charge on any atom is -0.309 e. The van der Waals surface area contributed by atoms with Crippen LogP contribution in [-0.4, -0.2) is 16.3 Å². The van der Waals surface area contributed by atoms with E-state index >= 15 is 0 Å². The lowest BCUT2D eigenvalue weighted by Gasteiger charge is -2.28. The summed E-state index contributed by atoms with van der Waals surface area (Å²) >= 11 is 0. The van der Waals surface area contributed by atoms with Crippen LogP contribution in [0.15, 0.2) is 42.7 Å². The first-order chi connectivity index (χ1) is 9.76. The van der Waals surface area contributed by atoms with Gasteiger partial charge in [0.2, 0.25) is 0 Å². The molecule has 0 bridgehead atoms. The summed E-state index contributed by atoms with van der Waals surface area (Å²) in [6.07, 6.45) is 7.83. The van der Waals surface area contributed by atoms with E-state index in [1.54, 1.807) is 0 Å². The summed E-state index contributed by atoms with van der Waals surface area (Å²) in [7, 11) is 1.99. The molecule has 1 N–H and O–H groups in total. The first-order valence-corrected chi connectivity index (χ1v) is 7.54. The third kappa shape index (κ3) is 2.38. The summed E-state index contributed by atoms with van der Waals surface area (Å²) in [4.78, 5) is 0. The lowest BCUT2D eigenvalue weighted by atomic mass is 9.85. The Labute approximate surface area is 121 Å². The predicted molar refractivity (Wildman–Crippen MR) is 81.6 cm³/mol. The lowest BCUT2D eigenvalue weighted by molar-refractivity contribution is 0.429. The van der Waals surface area contributed by atoms with Crippen LogP contribution in [0.1, 0.15) is 43.4 Å². The van der Waals surface area contributed by atoms with E-state index in [4.69, 9.17) is 0 Å². The number of aromatic nitrogens is 2. The second-order valence-corrected chi connectivity index (χ2v) is 5.86. The monoisotopic (exact) mass is 269 g/mol. The van der Waals surface area contributed by atoms with Crippen molar-refractivity contribution in [3.05, 3.63) is 53.9 Å². The van der Waals surface area contributed by atoms with Gasteiger partial charge >= 0.3 is 0 Å². The molecule has 1 aromatic heterocycles. The quantitative estimate of drug-likeness (QED) is 0.873. The molecule has 1 unspecified atom stereocenters. The fourth-order valence-corrected chi connectivity index (χ4v) is 3.16. The van der Waals surface area contributed by atoms with E-state index in [0.717, 1.165) is 13.0 Å².